The third-order valence-corrected chi connectivity index (χ3v) is 4.69. The lowest BCUT2D eigenvalue weighted by molar-refractivity contribution is 0.353. The van der Waals surface area contributed by atoms with Gasteiger partial charge < -0.3 is 5.32 Å². The van der Waals surface area contributed by atoms with E-state index in [0.29, 0.717) is 6.04 Å². The maximum absolute atomic E-state index is 6.10. The van der Waals surface area contributed by atoms with Gasteiger partial charge in [-0.05, 0) is 43.0 Å². The van der Waals surface area contributed by atoms with Crippen molar-refractivity contribution < 1.29 is 0 Å². The van der Waals surface area contributed by atoms with Gasteiger partial charge in [-0.1, -0.05) is 69.2 Å². The van der Waals surface area contributed by atoms with Crippen LogP contribution in [0.25, 0.3) is 0 Å². The predicted octanol–water partition coefficient (Wildman–Crippen LogP) is 5.22. The largest absolute Gasteiger partial charge is 0.314 e. The summed E-state index contributed by atoms with van der Waals surface area (Å²) in [6, 6.07) is 8.93. The summed E-state index contributed by atoms with van der Waals surface area (Å²) in [4.78, 5) is 0. The Labute approximate surface area is 129 Å². The molecule has 1 nitrogen and oxygen atoms in total. The molecule has 112 valence electrons. The summed E-state index contributed by atoms with van der Waals surface area (Å²) in [6.07, 6.45) is 11.0. The van der Waals surface area contributed by atoms with Crippen molar-refractivity contribution in [1.82, 2.24) is 5.32 Å². The average molecular weight is 294 g/mol. The average Bonchev–Trinajstić information content (AvgIpc) is 2.68. The Kier molecular flexibility index (Phi) is 6.89. The summed E-state index contributed by atoms with van der Waals surface area (Å²) in [7, 11) is 0. The SMILES string of the molecule is CCNC(Cc1cccc(Cl)c1)CC1CCCCCC1. The topological polar surface area (TPSA) is 12.0 Å². The molecule has 0 saturated heterocycles. The van der Waals surface area contributed by atoms with Crippen molar-refractivity contribution in [3.05, 3.63) is 34.9 Å². The number of likely N-dealkylation sites (N-methyl/N-ethyl adjacent to an activating group) is 1. The molecule has 1 saturated carbocycles. The molecule has 1 aromatic carbocycles. The van der Waals surface area contributed by atoms with E-state index in [1.54, 1.807) is 0 Å². The van der Waals surface area contributed by atoms with E-state index in [4.69, 9.17) is 11.6 Å². The lowest BCUT2D eigenvalue weighted by Crippen LogP contribution is -2.33. The first-order valence-electron chi connectivity index (χ1n) is 8.25. The lowest BCUT2D eigenvalue weighted by atomic mass is 9.90. The maximum atomic E-state index is 6.10. The Balaban J connectivity index is 1.91. The van der Waals surface area contributed by atoms with Gasteiger partial charge in [-0.25, -0.2) is 0 Å². The van der Waals surface area contributed by atoms with Gasteiger partial charge in [-0.3, -0.25) is 0 Å². The van der Waals surface area contributed by atoms with Gasteiger partial charge in [0.25, 0.3) is 0 Å². The Morgan fingerprint density at radius 1 is 1.20 bits per heavy atom. The molecule has 1 aromatic rings. The number of hydrogen-bond donors (Lipinski definition) is 1. The van der Waals surface area contributed by atoms with Gasteiger partial charge in [0.15, 0.2) is 0 Å². The monoisotopic (exact) mass is 293 g/mol. The molecule has 1 aliphatic carbocycles. The van der Waals surface area contributed by atoms with Crippen LogP contribution >= 0.6 is 11.6 Å². The third kappa shape index (κ3) is 5.46. The van der Waals surface area contributed by atoms with Crippen LogP contribution < -0.4 is 5.32 Å². The molecule has 0 heterocycles. The normalized spacial score (nSPS) is 18.7. The van der Waals surface area contributed by atoms with Crippen LogP contribution in [-0.4, -0.2) is 12.6 Å². The Morgan fingerprint density at radius 2 is 1.95 bits per heavy atom. The van der Waals surface area contributed by atoms with Gasteiger partial charge in [0.05, 0.1) is 0 Å². The molecule has 1 unspecified atom stereocenters. The second kappa shape index (κ2) is 8.69. The zero-order valence-corrected chi connectivity index (χ0v) is 13.5. The minimum absolute atomic E-state index is 0.599. The second-order valence-electron chi connectivity index (χ2n) is 6.18. The number of benzene rings is 1. The Morgan fingerprint density at radius 3 is 2.60 bits per heavy atom. The number of rotatable bonds is 6. The molecule has 0 bridgehead atoms. The van der Waals surface area contributed by atoms with Crippen molar-refractivity contribution >= 4 is 11.6 Å². The predicted molar refractivity (Wildman–Crippen MR) is 88.4 cm³/mol. The highest BCUT2D eigenvalue weighted by molar-refractivity contribution is 6.30. The van der Waals surface area contributed by atoms with E-state index < -0.39 is 0 Å². The van der Waals surface area contributed by atoms with Crippen molar-refractivity contribution in [2.45, 2.75) is 64.3 Å². The first-order chi connectivity index (χ1) is 9.78. The summed E-state index contributed by atoms with van der Waals surface area (Å²) in [6.45, 7) is 3.26. The van der Waals surface area contributed by atoms with Crippen LogP contribution in [0.5, 0.6) is 0 Å². The van der Waals surface area contributed by atoms with E-state index in [-0.39, 0.29) is 0 Å². The molecule has 1 fully saturated rings. The van der Waals surface area contributed by atoms with Crippen molar-refractivity contribution in [1.29, 1.82) is 0 Å². The van der Waals surface area contributed by atoms with E-state index in [2.05, 4.69) is 30.4 Å². The molecule has 0 amide bonds. The van der Waals surface area contributed by atoms with Crippen LogP contribution in [0.3, 0.4) is 0 Å². The van der Waals surface area contributed by atoms with Gasteiger partial charge in [0.1, 0.15) is 0 Å². The molecular formula is C18H28ClN. The summed E-state index contributed by atoms with van der Waals surface area (Å²) in [5.74, 6) is 0.917. The first-order valence-corrected chi connectivity index (χ1v) is 8.63. The van der Waals surface area contributed by atoms with Crippen molar-refractivity contribution in [2.24, 2.45) is 5.92 Å². The van der Waals surface area contributed by atoms with Crippen molar-refractivity contribution in [3.8, 4) is 0 Å². The lowest BCUT2D eigenvalue weighted by Gasteiger charge is -2.23. The van der Waals surface area contributed by atoms with Crippen LogP contribution in [0.15, 0.2) is 24.3 Å². The highest BCUT2D eigenvalue weighted by Gasteiger charge is 2.18. The number of hydrogen-bond acceptors (Lipinski definition) is 1. The molecule has 2 heteroatoms. The highest BCUT2D eigenvalue weighted by Crippen LogP contribution is 2.27. The molecular weight excluding hydrogens is 266 g/mol. The smallest absolute Gasteiger partial charge is 0.0408 e. The maximum Gasteiger partial charge on any atom is 0.0408 e. The highest BCUT2D eigenvalue weighted by atomic mass is 35.5. The summed E-state index contributed by atoms with van der Waals surface area (Å²) < 4.78 is 0. The van der Waals surface area contributed by atoms with Crippen LogP contribution in [0.2, 0.25) is 5.02 Å². The van der Waals surface area contributed by atoms with E-state index in [0.717, 1.165) is 23.9 Å². The fourth-order valence-electron chi connectivity index (χ4n) is 3.48. The van der Waals surface area contributed by atoms with Crippen LogP contribution in [-0.2, 0) is 6.42 Å². The van der Waals surface area contributed by atoms with Gasteiger partial charge >= 0.3 is 0 Å². The van der Waals surface area contributed by atoms with Crippen LogP contribution in [0.4, 0.5) is 0 Å². The van der Waals surface area contributed by atoms with E-state index in [1.165, 1.54) is 50.5 Å². The fourth-order valence-corrected chi connectivity index (χ4v) is 3.69. The van der Waals surface area contributed by atoms with E-state index in [1.807, 2.05) is 6.07 Å². The zero-order chi connectivity index (χ0) is 14.2. The van der Waals surface area contributed by atoms with Crippen LogP contribution in [0, 0.1) is 5.92 Å². The summed E-state index contributed by atoms with van der Waals surface area (Å²) in [5, 5.41) is 4.53. The second-order valence-corrected chi connectivity index (χ2v) is 6.62. The number of nitrogens with one attached hydrogen (secondary N) is 1. The minimum atomic E-state index is 0.599. The first kappa shape index (κ1) is 15.9. The Bertz CT molecular complexity index is 383. The molecule has 0 aromatic heterocycles. The quantitative estimate of drug-likeness (QED) is 0.709. The van der Waals surface area contributed by atoms with E-state index in [9.17, 15) is 0 Å². The van der Waals surface area contributed by atoms with E-state index >= 15 is 0 Å². The fraction of sp³-hybridized carbons (Fsp3) is 0.667. The molecule has 0 spiro atoms. The molecule has 0 aliphatic heterocycles. The minimum Gasteiger partial charge on any atom is -0.314 e. The molecule has 1 atom stereocenters. The van der Waals surface area contributed by atoms with Crippen LogP contribution in [0.1, 0.15) is 57.4 Å². The molecule has 1 aliphatic rings. The third-order valence-electron chi connectivity index (χ3n) is 4.46. The van der Waals surface area contributed by atoms with Crippen molar-refractivity contribution in [2.75, 3.05) is 6.54 Å². The van der Waals surface area contributed by atoms with Gasteiger partial charge in [0.2, 0.25) is 0 Å². The summed E-state index contributed by atoms with van der Waals surface area (Å²) >= 11 is 6.10. The zero-order valence-electron chi connectivity index (χ0n) is 12.7. The van der Waals surface area contributed by atoms with Gasteiger partial charge in [-0.2, -0.15) is 0 Å². The standard InChI is InChI=1S/C18H28ClN/c1-2-20-18(13-15-8-5-3-4-6-9-15)14-16-10-7-11-17(19)12-16/h7,10-12,15,18,20H,2-6,8-9,13-14H2,1H3. The molecule has 1 N–H and O–H groups in total. The van der Waals surface area contributed by atoms with Gasteiger partial charge in [0, 0.05) is 11.1 Å². The Hall–Kier alpha value is -0.530. The van der Waals surface area contributed by atoms with Crippen molar-refractivity contribution in [3.63, 3.8) is 0 Å². The summed E-state index contributed by atoms with van der Waals surface area (Å²) in [5.41, 5.74) is 1.36. The molecule has 2 rings (SSSR count). The number of halogens is 1. The molecule has 0 radical (unpaired) electrons. The van der Waals surface area contributed by atoms with Gasteiger partial charge in [-0.15, -0.1) is 0 Å². The molecule has 20 heavy (non-hydrogen) atoms.